The van der Waals surface area contributed by atoms with Gasteiger partial charge in [-0.2, -0.15) is 0 Å². The van der Waals surface area contributed by atoms with Gasteiger partial charge in [0.2, 0.25) is 5.91 Å². The minimum atomic E-state index is -3.73. The number of amides is 1. The lowest BCUT2D eigenvalue weighted by molar-refractivity contribution is -0.129. The van der Waals surface area contributed by atoms with Crippen LogP contribution in [0.3, 0.4) is 0 Å². The fourth-order valence-corrected chi connectivity index (χ4v) is 4.61. The van der Waals surface area contributed by atoms with Crippen molar-refractivity contribution in [2.24, 2.45) is 0 Å². The SMILES string of the molecule is Cc1ccc(S(=O)(=O)N(CCC(=O)N2CCCC2)c2ccccc2)cc1. The van der Waals surface area contributed by atoms with Gasteiger partial charge in [-0.1, -0.05) is 35.9 Å². The maximum Gasteiger partial charge on any atom is 0.264 e. The Labute approximate surface area is 155 Å². The van der Waals surface area contributed by atoms with E-state index in [4.69, 9.17) is 0 Å². The molecule has 2 aromatic rings. The lowest BCUT2D eigenvalue weighted by Crippen LogP contribution is -2.36. The third-order valence-electron chi connectivity index (χ3n) is 4.64. The highest BCUT2D eigenvalue weighted by molar-refractivity contribution is 7.92. The van der Waals surface area contributed by atoms with Crippen LogP contribution in [0.1, 0.15) is 24.8 Å². The van der Waals surface area contributed by atoms with Crippen LogP contribution >= 0.6 is 0 Å². The molecule has 138 valence electrons. The van der Waals surface area contributed by atoms with Crippen molar-refractivity contribution >= 4 is 21.6 Å². The molecule has 0 atom stereocenters. The first kappa shape index (κ1) is 18.5. The molecule has 1 heterocycles. The number of para-hydroxylation sites is 1. The number of nitrogens with zero attached hydrogens (tertiary/aromatic N) is 2. The van der Waals surface area contributed by atoms with E-state index in [1.807, 2.05) is 17.9 Å². The summed E-state index contributed by atoms with van der Waals surface area (Å²) in [6.07, 6.45) is 2.23. The summed E-state index contributed by atoms with van der Waals surface area (Å²) in [6, 6.07) is 15.8. The van der Waals surface area contributed by atoms with Crippen LogP contribution in [0.15, 0.2) is 59.5 Å². The van der Waals surface area contributed by atoms with Crippen molar-refractivity contribution in [3.8, 4) is 0 Å². The Hall–Kier alpha value is -2.34. The van der Waals surface area contributed by atoms with Crippen molar-refractivity contribution in [2.75, 3.05) is 23.9 Å². The number of benzene rings is 2. The van der Waals surface area contributed by atoms with Crippen LogP contribution < -0.4 is 4.31 Å². The van der Waals surface area contributed by atoms with E-state index in [2.05, 4.69) is 0 Å². The van der Waals surface area contributed by atoms with Gasteiger partial charge in [0.05, 0.1) is 10.6 Å². The summed E-state index contributed by atoms with van der Waals surface area (Å²) < 4.78 is 27.7. The van der Waals surface area contributed by atoms with Gasteiger partial charge < -0.3 is 4.90 Å². The van der Waals surface area contributed by atoms with Crippen molar-refractivity contribution in [1.82, 2.24) is 4.90 Å². The van der Waals surface area contributed by atoms with Gasteiger partial charge >= 0.3 is 0 Å². The zero-order valence-corrected chi connectivity index (χ0v) is 15.8. The molecule has 0 bridgehead atoms. The number of rotatable bonds is 6. The molecule has 1 amide bonds. The fraction of sp³-hybridized carbons (Fsp3) is 0.350. The number of carbonyl (C=O) groups is 1. The summed E-state index contributed by atoms with van der Waals surface area (Å²) in [7, 11) is -3.73. The normalized spacial score (nSPS) is 14.4. The Morgan fingerprint density at radius 3 is 2.23 bits per heavy atom. The zero-order valence-electron chi connectivity index (χ0n) is 15.0. The maximum atomic E-state index is 13.2. The first-order valence-electron chi connectivity index (χ1n) is 8.91. The van der Waals surface area contributed by atoms with Crippen molar-refractivity contribution in [1.29, 1.82) is 0 Å². The molecule has 26 heavy (non-hydrogen) atoms. The van der Waals surface area contributed by atoms with Gasteiger partial charge in [-0.15, -0.1) is 0 Å². The molecule has 0 saturated carbocycles. The lowest BCUT2D eigenvalue weighted by Gasteiger charge is -2.25. The van der Waals surface area contributed by atoms with E-state index in [1.54, 1.807) is 48.5 Å². The van der Waals surface area contributed by atoms with E-state index in [1.165, 1.54) is 4.31 Å². The number of sulfonamides is 1. The predicted octanol–water partition coefficient (Wildman–Crippen LogP) is 3.20. The van der Waals surface area contributed by atoms with E-state index in [0.29, 0.717) is 5.69 Å². The summed E-state index contributed by atoms with van der Waals surface area (Å²) in [6.45, 7) is 3.60. The highest BCUT2D eigenvalue weighted by Gasteiger charge is 2.26. The number of hydrogen-bond donors (Lipinski definition) is 0. The number of likely N-dealkylation sites (tertiary alicyclic amines) is 1. The molecule has 1 aliphatic rings. The molecule has 1 saturated heterocycles. The molecule has 1 aliphatic heterocycles. The molecule has 0 spiro atoms. The lowest BCUT2D eigenvalue weighted by atomic mass is 10.2. The smallest absolute Gasteiger partial charge is 0.264 e. The van der Waals surface area contributed by atoms with E-state index in [0.717, 1.165) is 31.5 Å². The van der Waals surface area contributed by atoms with Crippen LogP contribution in [0.2, 0.25) is 0 Å². The predicted molar refractivity (Wildman–Crippen MR) is 103 cm³/mol. The van der Waals surface area contributed by atoms with Crippen molar-refractivity contribution in [3.63, 3.8) is 0 Å². The van der Waals surface area contributed by atoms with Gasteiger partial charge in [-0.25, -0.2) is 8.42 Å². The Morgan fingerprint density at radius 2 is 1.62 bits per heavy atom. The average molecular weight is 372 g/mol. The molecule has 0 aliphatic carbocycles. The number of hydrogen-bond acceptors (Lipinski definition) is 3. The molecule has 2 aromatic carbocycles. The van der Waals surface area contributed by atoms with E-state index in [-0.39, 0.29) is 23.8 Å². The molecular weight excluding hydrogens is 348 g/mol. The second-order valence-corrected chi connectivity index (χ2v) is 8.43. The van der Waals surface area contributed by atoms with Gasteiger partial charge in [-0.05, 0) is 44.0 Å². The third-order valence-corrected chi connectivity index (χ3v) is 6.48. The highest BCUT2D eigenvalue weighted by atomic mass is 32.2. The third kappa shape index (κ3) is 4.07. The van der Waals surface area contributed by atoms with Gasteiger partial charge in [0.15, 0.2) is 0 Å². The van der Waals surface area contributed by atoms with Crippen LogP contribution in [-0.4, -0.2) is 38.9 Å². The number of anilines is 1. The standard InChI is InChI=1S/C20H24N2O3S/c1-17-9-11-19(12-10-17)26(24,25)22(18-7-3-2-4-8-18)16-13-20(23)21-14-5-6-15-21/h2-4,7-12H,5-6,13-16H2,1H3. The monoisotopic (exact) mass is 372 g/mol. The number of aryl methyl sites for hydroxylation is 1. The van der Waals surface area contributed by atoms with Crippen LogP contribution in [0, 0.1) is 6.92 Å². The quantitative estimate of drug-likeness (QED) is 0.782. The summed E-state index contributed by atoms with van der Waals surface area (Å²) in [5.41, 5.74) is 1.57. The summed E-state index contributed by atoms with van der Waals surface area (Å²) >= 11 is 0. The highest BCUT2D eigenvalue weighted by Crippen LogP contribution is 2.24. The Morgan fingerprint density at radius 1 is 1.00 bits per heavy atom. The molecule has 6 heteroatoms. The second-order valence-electron chi connectivity index (χ2n) is 6.56. The van der Waals surface area contributed by atoms with Crippen molar-refractivity contribution < 1.29 is 13.2 Å². The Balaban J connectivity index is 1.85. The molecule has 0 unspecified atom stereocenters. The fourth-order valence-electron chi connectivity index (χ4n) is 3.14. The first-order valence-corrected chi connectivity index (χ1v) is 10.3. The first-order chi connectivity index (χ1) is 12.5. The van der Waals surface area contributed by atoms with Crippen molar-refractivity contribution in [2.45, 2.75) is 31.1 Å². The molecule has 3 rings (SSSR count). The maximum absolute atomic E-state index is 13.2. The summed E-state index contributed by atoms with van der Waals surface area (Å²) in [4.78, 5) is 14.5. The van der Waals surface area contributed by atoms with Crippen LogP contribution in [0.5, 0.6) is 0 Å². The van der Waals surface area contributed by atoms with Crippen LogP contribution in [0.4, 0.5) is 5.69 Å². The molecular formula is C20H24N2O3S. The van der Waals surface area contributed by atoms with E-state index >= 15 is 0 Å². The average Bonchev–Trinajstić information content (AvgIpc) is 3.17. The topological polar surface area (TPSA) is 57.7 Å². The molecule has 0 aromatic heterocycles. The van der Waals surface area contributed by atoms with Gasteiger partial charge in [0.1, 0.15) is 0 Å². The minimum absolute atomic E-state index is 0.0162. The molecule has 1 fully saturated rings. The second kappa shape index (κ2) is 7.91. The number of carbonyl (C=O) groups excluding carboxylic acids is 1. The Bertz CT molecular complexity index is 842. The van der Waals surface area contributed by atoms with Crippen LogP contribution in [0.25, 0.3) is 0 Å². The molecule has 5 nitrogen and oxygen atoms in total. The van der Waals surface area contributed by atoms with Gasteiger partial charge in [0.25, 0.3) is 10.0 Å². The summed E-state index contributed by atoms with van der Waals surface area (Å²) in [5, 5.41) is 0. The van der Waals surface area contributed by atoms with Crippen molar-refractivity contribution in [3.05, 3.63) is 60.2 Å². The largest absolute Gasteiger partial charge is 0.343 e. The molecule has 0 radical (unpaired) electrons. The van der Waals surface area contributed by atoms with E-state index in [9.17, 15) is 13.2 Å². The van der Waals surface area contributed by atoms with Crippen LogP contribution in [-0.2, 0) is 14.8 Å². The minimum Gasteiger partial charge on any atom is -0.343 e. The van der Waals surface area contributed by atoms with Gasteiger partial charge in [0, 0.05) is 26.1 Å². The van der Waals surface area contributed by atoms with E-state index < -0.39 is 10.0 Å². The van der Waals surface area contributed by atoms with Gasteiger partial charge in [-0.3, -0.25) is 9.10 Å². The summed E-state index contributed by atoms with van der Waals surface area (Å²) in [5.74, 6) is 0.0162. The zero-order chi connectivity index (χ0) is 18.6. The Kier molecular flexibility index (Phi) is 5.61. The molecule has 0 N–H and O–H groups in total.